The molecule has 0 bridgehead atoms. The molecular formula is C10H19N3S. The average Bonchev–Trinajstić information content (AvgIpc) is 2.61. The highest BCUT2D eigenvalue weighted by atomic mass is 32.1. The summed E-state index contributed by atoms with van der Waals surface area (Å²) < 4.78 is 0. The average molecular weight is 213 g/mol. The molecular weight excluding hydrogens is 194 g/mol. The summed E-state index contributed by atoms with van der Waals surface area (Å²) in [5.74, 6) is 0.633. The Kier molecular flexibility index (Phi) is 4.32. The molecule has 0 aromatic carbocycles. The summed E-state index contributed by atoms with van der Waals surface area (Å²) in [5, 5.41) is 13.7. The molecule has 4 heteroatoms. The van der Waals surface area contributed by atoms with Gasteiger partial charge in [0.2, 0.25) is 5.13 Å². The van der Waals surface area contributed by atoms with Crippen molar-refractivity contribution < 1.29 is 0 Å². The Morgan fingerprint density at radius 2 is 2.00 bits per heavy atom. The van der Waals surface area contributed by atoms with Gasteiger partial charge in [-0.2, -0.15) is 0 Å². The zero-order valence-corrected chi connectivity index (χ0v) is 10.2. The number of aryl methyl sites for hydroxylation is 1. The van der Waals surface area contributed by atoms with E-state index < -0.39 is 0 Å². The first-order valence-electron chi connectivity index (χ1n) is 5.26. The van der Waals surface area contributed by atoms with Crippen molar-refractivity contribution in [3.05, 3.63) is 5.01 Å². The van der Waals surface area contributed by atoms with Gasteiger partial charge in [0.25, 0.3) is 0 Å². The molecule has 1 aromatic heterocycles. The minimum absolute atomic E-state index is 0.507. The van der Waals surface area contributed by atoms with Crippen molar-refractivity contribution in [2.75, 3.05) is 5.32 Å². The molecule has 1 N–H and O–H groups in total. The van der Waals surface area contributed by atoms with E-state index in [4.69, 9.17) is 0 Å². The van der Waals surface area contributed by atoms with E-state index in [-0.39, 0.29) is 0 Å². The Balaban J connectivity index is 2.57. The lowest BCUT2D eigenvalue weighted by atomic mass is 10.0. The Morgan fingerprint density at radius 1 is 1.29 bits per heavy atom. The van der Waals surface area contributed by atoms with Gasteiger partial charge in [-0.3, -0.25) is 0 Å². The number of hydrogen-bond donors (Lipinski definition) is 1. The molecule has 14 heavy (non-hydrogen) atoms. The molecule has 0 saturated heterocycles. The number of anilines is 1. The maximum Gasteiger partial charge on any atom is 0.205 e. The van der Waals surface area contributed by atoms with E-state index in [1.54, 1.807) is 11.3 Å². The zero-order chi connectivity index (χ0) is 10.6. The molecule has 1 unspecified atom stereocenters. The van der Waals surface area contributed by atoms with Crippen LogP contribution in [0.25, 0.3) is 0 Å². The first kappa shape index (κ1) is 11.4. The van der Waals surface area contributed by atoms with E-state index in [0.29, 0.717) is 12.0 Å². The minimum atomic E-state index is 0.507. The highest BCUT2D eigenvalue weighted by Crippen LogP contribution is 2.19. The van der Waals surface area contributed by atoms with Crippen LogP contribution in [0.5, 0.6) is 0 Å². The van der Waals surface area contributed by atoms with Gasteiger partial charge in [-0.25, -0.2) is 0 Å². The number of aromatic nitrogens is 2. The maximum absolute atomic E-state index is 4.11. The Labute approximate surface area is 89.9 Å². The van der Waals surface area contributed by atoms with E-state index in [2.05, 4.69) is 43.2 Å². The number of nitrogens with zero attached hydrogens (tertiary/aromatic N) is 2. The van der Waals surface area contributed by atoms with Gasteiger partial charge in [0.15, 0.2) is 0 Å². The van der Waals surface area contributed by atoms with Crippen LogP contribution in [0.1, 0.15) is 39.1 Å². The van der Waals surface area contributed by atoms with Crippen molar-refractivity contribution in [1.82, 2.24) is 10.2 Å². The quantitative estimate of drug-likeness (QED) is 0.817. The standard InChI is InChI=1S/C10H19N3S/c1-5-8(7(3)4)11-10-13-12-9(6-2)14-10/h7-8H,5-6H2,1-4H3,(H,11,13). The molecule has 1 aromatic rings. The van der Waals surface area contributed by atoms with Crippen LogP contribution in [-0.2, 0) is 6.42 Å². The van der Waals surface area contributed by atoms with Gasteiger partial charge in [0.05, 0.1) is 0 Å². The highest BCUT2D eigenvalue weighted by Gasteiger charge is 2.12. The molecule has 0 aliphatic heterocycles. The van der Waals surface area contributed by atoms with Crippen LogP contribution < -0.4 is 5.32 Å². The fourth-order valence-corrected chi connectivity index (χ4v) is 2.09. The van der Waals surface area contributed by atoms with Crippen LogP contribution >= 0.6 is 11.3 Å². The lowest BCUT2D eigenvalue weighted by molar-refractivity contribution is 0.510. The second-order valence-corrected chi connectivity index (χ2v) is 4.82. The summed E-state index contributed by atoms with van der Waals surface area (Å²) in [4.78, 5) is 0. The molecule has 0 fully saturated rings. The highest BCUT2D eigenvalue weighted by molar-refractivity contribution is 7.15. The van der Waals surface area contributed by atoms with Crippen molar-refractivity contribution >= 4 is 16.5 Å². The molecule has 0 aliphatic carbocycles. The van der Waals surface area contributed by atoms with Crippen molar-refractivity contribution in [2.24, 2.45) is 5.92 Å². The first-order valence-corrected chi connectivity index (χ1v) is 6.07. The van der Waals surface area contributed by atoms with Crippen LogP contribution in [0.3, 0.4) is 0 Å². The normalized spacial score (nSPS) is 13.2. The second-order valence-electron chi connectivity index (χ2n) is 3.76. The van der Waals surface area contributed by atoms with E-state index >= 15 is 0 Å². The molecule has 0 saturated carbocycles. The van der Waals surface area contributed by atoms with Crippen molar-refractivity contribution in [3.8, 4) is 0 Å². The van der Waals surface area contributed by atoms with Crippen LogP contribution in [0.15, 0.2) is 0 Å². The molecule has 1 rings (SSSR count). The molecule has 80 valence electrons. The fourth-order valence-electron chi connectivity index (χ4n) is 1.35. The number of nitrogens with one attached hydrogen (secondary N) is 1. The Bertz CT molecular complexity index is 270. The van der Waals surface area contributed by atoms with Crippen molar-refractivity contribution in [3.63, 3.8) is 0 Å². The third kappa shape index (κ3) is 2.94. The maximum atomic E-state index is 4.11. The predicted molar refractivity (Wildman–Crippen MR) is 61.8 cm³/mol. The fraction of sp³-hybridized carbons (Fsp3) is 0.800. The first-order chi connectivity index (χ1) is 6.67. The van der Waals surface area contributed by atoms with E-state index in [1.165, 1.54) is 0 Å². The van der Waals surface area contributed by atoms with Crippen molar-refractivity contribution in [2.45, 2.75) is 46.6 Å². The molecule has 0 aliphatic rings. The van der Waals surface area contributed by atoms with Crippen LogP contribution in [0.2, 0.25) is 0 Å². The predicted octanol–water partition coefficient (Wildman–Crippen LogP) is 2.95. The van der Waals surface area contributed by atoms with E-state index in [0.717, 1.165) is 23.0 Å². The minimum Gasteiger partial charge on any atom is -0.357 e. The van der Waals surface area contributed by atoms with E-state index in [1.807, 2.05) is 0 Å². The zero-order valence-electron chi connectivity index (χ0n) is 9.37. The second kappa shape index (κ2) is 5.29. The monoisotopic (exact) mass is 213 g/mol. The molecule has 1 atom stereocenters. The lowest BCUT2D eigenvalue weighted by Gasteiger charge is -2.19. The molecule has 1 heterocycles. The summed E-state index contributed by atoms with van der Waals surface area (Å²) >= 11 is 1.66. The van der Waals surface area contributed by atoms with Gasteiger partial charge in [0.1, 0.15) is 5.01 Å². The van der Waals surface area contributed by atoms with Gasteiger partial charge in [-0.05, 0) is 18.8 Å². The van der Waals surface area contributed by atoms with Crippen LogP contribution in [0.4, 0.5) is 5.13 Å². The third-order valence-corrected chi connectivity index (χ3v) is 3.32. The van der Waals surface area contributed by atoms with Gasteiger partial charge in [-0.15, -0.1) is 10.2 Å². The number of rotatable bonds is 5. The van der Waals surface area contributed by atoms with Gasteiger partial charge >= 0.3 is 0 Å². The van der Waals surface area contributed by atoms with Crippen molar-refractivity contribution in [1.29, 1.82) is 0 Å². The molecule has 0 amide bonds. The Morgan fingerprint density at radius 3 is 2.43 bits per heavy atom. The molecule has 0 spiro atoms. The largest absolute Gasteiger partial charge is 0.357 e. The summed E-state index contributed by atoms with van der Waals surface area (Å²) in [6.45, 7) is 8.75. The summed E-state index contributed by atoms with van der Waals surface area (Å²) in [7, 11) is 0. The Hall–Kier alpha value is -0.640. The van der Waals surface area contributed by atoms with Gasteiger partial charge in [-0.1, -0.05) is 39.0 Å². The smallest absolute Gasteiger partial charge is 0.205 e. The van der Waals surface area contributed by atoms with E-state index in [9.17, 15) is 0 Å². The summed E-state index contributed by atoms with van der Waals surface area (Å²) in [6.07, 6.45) is 2.09. The third-order valence-electron chi connectivity index (χ3n) is 2.32. The SMILES string of the molecule is CCc1nnc(NC(CC)C(C)C)s1. The lowest BCUT2D eigenvalue weighted by Crippen LogP contribution is -2.24. The molecule has 0 radical (unpaired) electrons. The van der Waals surface area contributed by atoms with Gasteiger partial charge in [0, 0.05) is 6.04 Å². The number of hydrogen-bond acceptors (Lipinski definition) is 4. The topological polar surface area (TPSA) is 37.8 Å². The van der Waals surface area contributed by atoms with Crippen LogP contribution in [0, 0.1) is 5.92 Å². The summed E-state index contributed by atoms with van der Waals surface area (Å²) in [5.41, 5.74) is 0. The van der Waals surface area contributed by atoms with Gasteiger partial charge < -0.3 is 5.32 Å². The summed E-state index contributed by atoms with van der Waals surface area (Å²) in [6, 6.07) is 0.507. The van der Waals surface area contributed by atoms with Crippen LogP contribution in [-0.4, -0.2) is 16.2 Å². The molecule has 3 nitrogen and oxygen atoms in total.